The number of aromatic nitrogens is 1. The highest BCUT2D eigenvalue weighted by Gasteiger charge is 1.89. The van der Waals surface area contributed by atoms with Crippen molar-refractivity contribution in [3.8, 4) is 0 Å². The molecule has 0 aliphatic carbocycles. The molecule has 1 aromatic heterocycles. The molecule has 0 aliphatic heterocycles. The van der Waals surface area contributed by atoms with Gasteiger partial charge in [0, 0.05) is 6.20 Å². The first kappa shape index (κ1) is 11.6. The molecule has 0 aliphatic rings. The Morgan fingerprint density at radius 2 is 2.29 bits per heavy atom. The maximum Gasteiger partial charge on any atom is 0.291 e. The first-order valence-electron chi connectivity index (χ1n) is 3.37. The largest absolute Gasteiger partial charge is 0.370 e. The van der Waals surface area contributed by atoms with Crippen LogP contribution in [-0.2, 0) is 0 Å². The normalized spacial score (nSPS) is 8.00. The van der Waals surface area contributed by atoms with Crippen molar-refractivity contribution in [2.45, 2.75) is 0 Å². The summed E-state index contributed by atoms with van der Waals surface area (Å²) in [5.74, 6) is 0.494. The molecule has 0 amide bonds. The fourth-order valence-corrected chi connectivity index (χ4v) is 0.575. The third-order valence-corrected chi connectivity index (χ3v) is 0.928. The number of nitrogens with one attached hydrogen (secondary N) is 2. The number of hydrogen-bond acceptors (Lipinski definition) is 4. The van der Waals surface area contributed by atoms with Gasteiger partial charge in [-0.2, -0.15) is 0 Å². The van der Waals surface area contributed by atoms with Gasteiger partial charge in [0.1, 0.15) is 5.82 Å². The van der Waals surface area contributed by atoms with E-state index in [-0.39, 0.29) is 5.96 Å². The Hall–Kier alpha value is -2.38. The van der Waals surface area contributed by atoms with Gasteiger partial charge in [-0.1, -0.05) is 6.07 Å². The van der Waals surface area contributed by atoms with Gasteiger partial charge in [-0.05, 0) is 12.1 Å². The number of rotatable bonds is 1. The molecular formula is C6H9N5O3. The molecule has 14 heavy (non-hydrogen) atoms. The fraction of sp³-hybridized carbons (Fsp3) is 0. The average molecular weight is 199 g/mol. The van der Waals surface area contributed by atoms with Crippen LogP contribution < -0.4 is 11.1 Å². The summed E-state index contributed by atoms with van der Waals surface area (Å²) in [4.78, 5) is 12.2. The van der Waals surface area contributed by atoms with E-state index in [1.807, 2.05) is 6.07 Å². The Morgan fingerprint density at radius 1 is 1.71 bits per heavy atom. The fourth-order valence-electron chi connectivity index (χ4n) is 0.575. The van der Waals surface area contributed by atoms with E-state index in [2.05, 4.69) is 10.3 Å². The third-order valence-electron chi connectivity index (χ3n) is 0.928. The minimum atomic E-state index is -1.50. The van der Waals surface area contributed by atoms with Crippen molar-refractivity contribution in [1.82, 2.24) is 4.98 Å². The van der Waals surface area contributed by atoms with Crippen molar-refractivity contribution in [2.24, 2.45) is 5.73 Å². The second kappa shape index (κ2) is 6.17. The molecule has 0 fully saturated rings. The topological polar surface area (TPSA) is 138 Å². The molecule has 5 N–H and O–H groups in total. The van der Waals surface area contributed by atoms with Crippen molar-refractivity contribution in [2.75, 3.05) is 5.32 Å². The Morgan fingerprint density at radius 3 is 2.64 bits per heavy atom. The van der Waals surface area contributed by atoms with E-state index in [0.29, 0.717) is 5.82 Å². The van der Waals surface area contributed by atoms with Gasteiger partial charge in [0.2, 0.25) is 0 Å². The maximum absolute atomic E-state index is 8.36. The summed E-state index contributed by atoms with van der Waals surface area (Å²) >= 11 is 0. The lowest BCUT2D eigenvalue weighted by molar-refractivity contribution is -0.742. The second-order valence-electron chi connectivity index (χ2n) is 1.99. The Bertz CT molecular complexity index is 298. The summed E-state index contributed by atoms with van der Waals surface area (Å²) < 4.78 is 0. The van der Waals surface area contributed by atoms with Gasteiger partial charge in [-0.15, -0.1) is 10.1 Å². The number of anilines is 1. The smallest absolute Gasteiger partial charge is 0.291 e. The number of guanidine groups is 1. The van der Waals surface area contributed by atoms with Gasteiger partial charge in [0.25, 0.3) is 5.09 Å². The van der Waals surface area contributed by atoms with Crippen LogP contribution in [0.15, 0.2) is 24.4 Å². The van der Waals surface area contributed by atoms with Gasteiger partial charge < -0.3 is 16.3 Å². The Labute approximate surface area is 79.0 Å². The summed E-state index contributed by atoms with van der Waals surface area (Å²) in [6.07, 6.45) is 1.63. The van der Waals surface area contributed by atoms with Crippen LogP contribution in [0.5, 0.6) is 0 Å². The van der Waals surface area contributed by atoms with Crippen LogP contribution in [0, 0.1) is 15.5 Å². The standard InChI is InChI=1S/C6H8N4.HNO3/c7-6(8)10-5-3-1-2-4-9-5;2-1(3)4/h1-4H,(H4,7,8,9,10);(H,2,3,4). The van der Waals surface area contributed by atoms with Gasteiger partial charge in [0.15, 0.2) is 5.96 Å². The third kappa shape index (κ3) is 7.72. The van der Waals surface area contributed by atoms with E-state index in [1.54, 1.807) is 18.3 Å². The molecule has 0 atom stereocenters. The minimum absolute atomic E-state index is 0.0984. The van der Waals surface area contributed by atoms with Crippen molar-refractivity contribution >= 4 is 11.8 Å². The quantitative estimate of drug-likeness (QED) is 0.218. The highest BCUT2D eigenvalue weighted by molar-refractivity contribution is 5.88. The predicted octanol–water partition coefficient (Wildman–Crippen LogP) is 0.0393. The number of nitrogens with two attached hydrogens (primary N) is 1. The first-order valence-corrected chi connectivity index (χ1v) is 3.37. The molecule has 1 rings (SSSR count). The highest BCUT2D eigenvalue weighted by Crippen LogP contribution is 1.97. The SMILES string of the molecule is N=C(N)Nc1ccccn1.O=[N+]([O-])O. The number of pyridine rings is 1. The molecule has 0 unspecified atom stereocenters. The number of hydrogen-bond donors (Lipinski definition) is 4. The molecule has 8 nitrogen and oxygen atoms in total. The molecular weight excluding hydrogens is 190 g/mol. The zero-order valence-electron chi connectivity index (χ0n) is 7.04. The van der Waals surface area contributed by atoms with Crippen molar-refractivity contribution in [3.05, 3.63) is 34.5 Å². The van der Waals surface area contributed by atoms with Crippen LogP contribution in [0.4, 0.5) is 5.82 Å². The Kier molecular flexibility index (Phi) is 5.12. The summed E-state index contributed by atoms with van der Waals surface area (Å²) in [5.41, 5.74) is 5.06. The minimum Gasteiger partial charge on any atom is -0.370 e. The van der Waals surface area contributed by atoms with Crippen molar-refractivity contribution in [1.29, 1.82) is 5.41 Å². The van der Waals surface area contributed by atoms with Crippen molar-refractivity contribution in [3.63, 3.8) is 0 Å². The van der Waals surface area contributed by atoms with E-state index in [4.69, 9.17) is 26.5 Å². The molecule has 76 valence electrons. The zero-order chi connectivity index (χ0) is 11.0. The van der Waals surface area contributed by atoms with Crippen LogP contribution in [0.2, 0.25) is 0 Å². The lowest BCUT2D eigenvalue weighted by Crippen LogP contribution is -2.20. The van der Waals surface area contributed by atoms with Crippen LogP contribution in [0.25, 0.3) is 0 Å². The molecule has 0 spiro atoms. The van der Waals surface area contributed by atoms with E-state index in [9.17, 15) is 0 Å². The summed E-state index contributed by atoms with van der Waals surface area (Å²) in [6, 6.07) is 5.35. The van der Waals surface area contributed by atoms with Gasteiger partial charge >= 0.3 is 0 Å². The van der Waals surface area contributed by atoms with Gasteiger partial charge in [-0.3, -0.25) is 5.41 Å². The number of nitrogens with zero attached hydrogens (tertiary/aromatic N) is 2. The molecule has 0 aromatic carbocycles. The van der Waals surface area contributed by atoms with Gasteiger partial charge in [0.05, 0.1) is 0 Å². The average Bonchev–Trinajstić information content (AvgIpc) is 2.03. The van der Waals surface area contributed by atoms with Crippen LogP contribution in [0.3, 0.4) is 0 Å². The van der Waals surface area contributed by atoms with Crippen LogP contribution >= 0.6 is 0 Å². The summed E-state index contributed by atoms with van der Waals surface area (Å²) in [5, 5.41) is 23.1. The predicted molar refractivity (Wildman–Crippen MR) is 48.6 cm³/mol. The molecule has 8 heteroatoms. The molecule has 0 saturated carbocycles. The Balaban J connectivity index is 0.000000364. The molecule has 0 saturated heterocycles. The zero-order valence-corrected chi connectivity index (χ0v) is 7.04. The lowest BCUT2D eigenvalue weighted by Gasteiger charge is -1.99. The molecule has 0 radical (unpaired) electrons. The second-order valence-corrected chi connectivity index (χ2v) is 1.99. The summed E-state index contributed by atoms with van der Waals surface area (Å²) in [7, 11) is 0. The maximum atomic E-state index is 8.36. The summed E-state index contributed by atoms with van der Waals surface area (Å²) in [6.45, 7) is 0. The van der Waals surface area contributed by atoms with Crippen LogP contribution in [-0.4, -0.2) is 21.2 Å². The molecule has 0 bridgehead atoms. The van der Waals surface area contributed by atoms with E-state index < -0.39 is 5.09 Å². The van der Waals surface area contributed by atoms with Gasteiger partial charge in [-0.25, -0.2) is 4.98 Å². The molecule has 1 aromatic rings. The van der Waals surface area contributed by atoms with Crippen molar-refractivity contribution < 1.29 is 10.3 Å². The monoisotopic (exact) mass is 199 g/mol. The highest BCUT2D eigenvalue weighted by atomic mass is 16.9. The van der Waals surface area contributed by atoms with E-state index in [1.165, 1.54) is 0 Å². The van der Waals surface area contributed by atoms with E-state index in [0.717, 1.165) is 0 Å². The first-order chi connectivity index (χ1) is 6.52. The molecule has 1 heterocycles. The van der Waals surface area contributed by atoms with E-state index >= 15 is 0 Å². The van der Waals surface area contributed by atoms with Crippen LogP contribution in [0.1, 0.15) is 0 Å². The lowest BCUT2D eigenvalue weighted by atomic mass is 10.5.